The van der Waals surface area contributed by atoms with Crippen LogP contribution in [0.5, 0.6) is 0 Å². The van der Waals surface area contributed by atoms with Crippen LogP contribution in [0.25, 0.3) is 5.69 Å². The van der Waals surface area contributed by atoms with Gasteiger partial charge in [0, 0.05) is 44.0 Å². The summed E-state index contributed by atoms with van der Waals surface area (Å²) in [6.07, 6.45) is 3.28. The maximum atomic E-state index is 13.8. The molecule has 0 atom stereocenters. The van der Waals surface area contributed by atoms with Crippen LogP contribution < -0.4 is 0 Å². The van der Waals surface area contributed by atoms with Gasteiger partial charge in [-0.05, 0) is 18.2 Å². The van der Waals surface area contributed by atoms with Crippen molar-refractivity contribution in [2.24, 2.45) is 0 Å². The molecule has 0 spiro atoms. The molecule has 1 amide bonds. The summed E-state index contributed by atoms with van der Waals surface area (Å²) < 4.78 is 15.7. The third-order valence-electron chi connectivity index (χ3n) is 4.90. The molecule has 27 heavy (non-hydrogen) atoms. The van der Waals surface area contributed by atoms with E-state index in [0.717, 1.165) is 18.8 Å². The molecule has 2 aromatic carbocycles. The molecule has 1 aromatic heterocycles. The van der Waals surface area contributed by atoms with Crippen molar-refractivity contribution < 1.29 is 9.18 Å². The van der Waals surface area contributed by atoms with E-state index in [2.05, 4.69) is 9.88 Å². The van der Waals surface area contributed by atoms with Crippen molar-refractivity contribution >= 4 is 5.91 Å². The predicted octanol–water partition coefficient (Wildman–Crippen LogP) is 2.97. The Morgan fingerprint density at radius 3 is 2.41 bits per heavy atom. The first-order chi connectivity index (χ1) is 13.2. The van der Waals surface area contributed by atoms with Gasteiger partial charge in [-0.2, -0.15) is 0 Å². The first-order valence-corrected chi connectivity index (χ1v) is 9.05. The number of carbonyl (C=O) groups excluding carboxylic acids is 1. The molecule has 6 heteroatoms. The Hall–Kier alpha value is -2.99. The average Bonchev–Trinajstić information content (AvgIpc) is 3.20. The fourth-order valence-corrected chi connectivity index (χ4v) is 3.39. The van der Waals surface area contributed by atoms with Crippen LogP contribution in [-0.2, 0) is 6.54 Å². The van der Waals surface area contributed by atoms with Crippen LogP contribution in [-0.4, -0.2) is 51.4 Å². The molecule has 0 N–H and O–H groups in total. The Labute approximate surface area is 157 Å². The van der Waals surface area contributed by atoms with E-state index in [9.17, 15) is 9.18 Å². The van der Waals surface area contributed by atoms with E-state index in [1.807, 2.05) is 51.9 Å². The van der Waals surface area contributed by atoms with Crippen LogP contribution in [0.2, 0.25) is 0 Å². The van der Waals surface area contributed by atoms with Gasteiger partial charge in [0.15, 0.2) is 0 Å². The van der Waals surface area contributed by atoms with E-state index in [4.69, 9.17) is 0 Å². The fourth-order valence-electron chi connectivity index (χ4n) is 3.39. The summed E-state index contributed by atoms with van der Waals surface area (Å²) in [7, 11) is 0. The number of piperazine rings is 1. The molecule has 1 aliphatic rings. The largest absolute Gasteiger partial charge is 0.335 e. The SMILES string of the molecule is O=C(c1cncn1-c1ccccc1)N1CCN(Cc2ccccc2F)CC1. The minimum atomic E-state index is -0.178. The minimum absolute atomic E-state index is 0.0260. The zero-order chi connectivity index (χ0) is 18.6. The van der Waals surface area contributed by atoms with E-state index in [1.54, 1.807) is 18.6 Å². The zero-order valence-corrected chi connectivity index (χ0v) is 15.0. The Morgan fingerprint density at radius 1 is 0.963 bits per heavy atom. The van der Waals surface area contributed by atoms with Crippen molar-refractivity contribution in [3.8, 4) is 5.69 Å². The van der Waals surface area contributed by atoms with Crippen molar-refractivity contribution in [1.82, 2.24) is 19.4 Å². The predicted molar refractivity (Wildman–Crippen MR) is 101 cm³/mol. The molecule has 1 saturated heterocycles. The number of aromatic nitrogens is 2. The molecular weight excluding hydrogens is 343 g/mol. The lowest BCUT2D eigenvalue weighted by molar-refractivity contribution is 0.0619. The molecule has 0 saturated carbocycles. The van der Waals surface area contributed by atoms with E-state index in [0.29, 0.717) is 30.9 Å². The van der Waals surface area contributed by atoms with Crippen LogP contribution in [0.15, 0.2) is 67.1 Å². The Bertz CT molecular complexity index is 917. The summed E-state index contributed by atoms with van der Waals surface area (Å²) in [6, 6.07) is 16.6. The second-order valence-electron chi connectivity index (χ2n) is 6.64. The summed E-state index contributed by atoms with van der Waals surface area (Å²) in [5.41, 5.74) is 2.17. The van der Waals surface area contributed by atoms with Crippen molar-refractivity contribution in [2.75, 3.05) is 26.2 Å². The highest BCUT2D eigenvalue weighted by Gasteiger charge is 2.25. The van der Waals surface area contributed by atoms with Crippen molar-refractivity contribution in [3.63, 3.8) is 0 Å². The number of halogens is 1. The first-order valence-electron chi connectivity index (χ1n) is 9.05. The highest BCUT2D eigenvalue weighted by atomic mass is 19.1. The van der Waals surface area contributed by atoms with Crippen LogP contribution in [0, 0.1) is 5.82 Å². The van der Waals surface area contributed by atoms with E-state index >= 15 is 0 Å². The van der Waals surface area contributed by atoms with Gasteiger partial charge in [0.1, 0.15) is 11.5 Å². The third-order valence-corrected chi connectivity index (χ3v) is 4.90. The fraction of sp³-hybridized carbons (Fsp3) is 0.238. The molecular formula is C21H21FN4O. The molecule has 2 heterocycles. The van der Waals surface area contributed by atoms with Gasteiger partial charge in [-0.3, -0.25) is 14.3 Å². The van der Waals surface area contributed by atoms with Gasteiger partial charge in [0.25, 0.3) is 5.91 Å². The molecule has 0 bridgehead atoms. The summed E-state index contributed by atoms with van der Waals surface area (Å²) in [6.45, 7) is 3.25. The number of amides is 1. The second-order valence-corrected chi connectivity index (χ2v) is 6.64. The van der Waals surface area contributed by atoms with Crippen molar-refractivity contribution in [3.05, 3.63) is 84.2 Å². The van der Waals surface area contributed by atoms with Gasteiger partial charge >= 0.3 is 0 Å². The van der Waals surface area contributed by atoms with Gasteiger partial charge in [-0.1, -0.05) is 36.4 Å². The zero-order valence-electron chi connectivity index (χ0n) is 15.0. The second kappa shape index (κ2) is 7.72. The monoisotopic (exact) mass is 364 g/mol. The van der Waals surface area contributed by atoms with E-state index < -0.39 is 0 Å². The number of rotatable bonds is 4. The minimum Gasteiger partial charge on any atom is -0.335 e. The molecule has 0 unspecified atom stereocenters. The average molecular weight is 364 g/mol. The van der Waals surface area contributed by atoms with Crippen LogP contribution in [0.1, 0.15) is 16.1 Å². The van der Waals surface area contributed by atoms with Crippen molar-refractivity contribution in [2.45, 2.75) is 6.54 Å². The van der Waals surface area contributed by atoms with Gasteiger partial charge in [-0.15, -0.1) is 0 Å². The molecule has 4 rings (SSSR count). The maximum absolute atomic E-state index is 13.8. The Morgan fingerprint density at radius 2 is 1.67 bits per heavy atom. The molecule has 3 aromatic rings. The number of hydrogen-bond donors (Lipinski definition) is 0. The van der Waals surface area contributed by atoms with Crippen LogP contribution in [0.4, 0.5) is 4.39 Å². The number of hydrogen-bond acceptors (Lipinski definition) is 3. The molecule has 5 nitrogen and oxygen atoms in total. The number of nitrogens with zero attached hydrogens (tertiary/aromatic N) is 4. The molecule has 0 radical (unpaired) electrons. The third kappa shape index (κ3) is 3.75. The maximum Gasteiger partial charge on any atom is 0.272 e. The normalized spacial score (nSPS) is 15.1. The van der Waals surface area contributed by atoms with Gasteiger partial charge in [0.2, 0.25) is 0 Å². The van der Waals surface area contributed by atoms with Gasteiger partial charge in [0.05, 0.1) is 12.5 Å². The van der Waals surface area contributed by atoms with Gasteiger partial charge in [-0.25, -0.2) is 9.37 Å². The summed E-state index contributed by atoms with van der Waals surface area (Å²) >= 11 is 0. The Balaban J connectivity index is 1.41. The molecule has 0 aliphatic carbocycles. The molecule has 1 aliphatic heterocycles. The quantitative estimate of drug-likeness (QED) is 0.715. The highest BCUT2D eigenvalue weighted by molar-refractivity contribution is 5.93. The summed E-state index contributed by atoms with van der Waals surface area (Å²) in [5.74, 6) is -0.204. The summed E-state index contributed by atoms with van der Waals surface area (Å²) in [5, 5.41) is 0. The van der Waals surface area contributed by atoms with Gasteiger partial charge < -0.3 is 4.90 Å². The first kappa shape index (κ1) is 17.4. The smallest absolute Gasteiger partial charge is 0.272 e. The Kier molecular flexibility index (Phi) is 4.98. The molecule has 138 valence electrons. The number of benzene rings is 2. The van der Waals surface area contributed by atoms with Crippen LogP contribution >= 0.6 is 0 Å². The molecule has 1 fully saturated rings. The number of carbonyl (C=O) groups is 1. The van der Waals surface area contributed by atoms with E-state index in [1.165, 1.54) is 6.07 Å². The van der Waals surface area contributed by atoms with E-state index in [-0.39, 0.29) is 11.7 Å². The lowest BCUT2D eigenvalue weighted by atomic mass is 10.2. The van der Waals surface area contributed by atoms with Crippen LogP contribution in [0.3, 0.4) is 0 Å². The highest BCUT2D eigenvalue weighted by Crippen LogP contribution is 2.16. The number of imidazole rings is 1. The lowest BCUT2D eigenvalue weighted by Crippen LogP contribution is -2.48. The number of para-hydroxylation sites is 1. The topological polar surface area (TPSA) is 41.4 Å². The lowest BCUT2D eigenvalue weighted by Gasteiger charge is -2.34. The van der Waals surface area contributed by atoms with Crippen molar-refractivity contribution in [1.29, 1.82) is 0 Å². The summed E-state index contributed by atoms with van der Waals surface area (Å²) in [4.78, 5) is 21.1. The standard InChI is InChI=1S/C21H21FN4O/c22-19-9-5-4-6-17(19)15-24-10-12-25(13-11-24)21(27)20-14-23-16-26(20)18-7-2-1-3-8-18/h1-9,14,16H,10-13,15H2.